The van der Waals surface area contributed by atoms with Gasteiger partial charge in [0.2, 0.25) is 5.95 Å². The molecule has 0 radical (unpaired) electrons. The van der Waals surface area contributed by atoms with Crippen molar-refractivity contribution in [1.29, 1.82) is 0 Å². The molecule has 0 spiro atoms. The topological polar surface area (TPSA) is 128 Å². The molecule has 0 bridgehead atoms. The molecule has 0 aliphatic heterocycles. The van der Waals surface area contributed by atoms with Crippen molar-refractivity contribution in [2.24, 2.45) is 7.05 Å². The smallest absolute Gasteiger partial charge is 0.329 e. The van der Waals surface area contributed by atoms with Gasteiger partial charge in [0.15, 0.2) is 11.2 Å². The third kappa shape index (κ3) is 3.33. The number of aliphatic hydroxyl groups is 1. The Hall–Kier alpha value is -3.07. The van der Waals surface area contributed by atoms with Crippen molar-refractivity contribution in [2.75, 3.05) is 12.3 Å². The maximum Gasteiger partial charge on any atom is 0.329 e. The van der Waals surface area contributed by atoms with E-state index in [2.05, 4.69) is 9.97 Å². The zero-order chi connectivity index (χ0) is 18.8. The number of aliphatic hydroxyl groups excluding tert-OH is 1. The largest absolute Gasteiger partial charge is 0.491 e. The average Bonchev–Trinajstić information content (AvgIpc) is 2.95. The molecule has 0 saturated carbocycles. The summed E-state index contributed by atoms with van der Waals surface area (Å²) in [6, 6.07) is 7.61. The van der Waals surface area contributed by atoms with Gasteiger partial charge in [0, 0.05) is 7.05 Å². The fourth-order valence-electron chi connectivity index (χ4n) is 2.75. The fraction of sp³-hybridized carbons (Fsp3) is 0.353. The minimum atomic E-state index is -0.920. The molecule has 1 atom stereocenters. The number of hydrogen-bond donors (Lipinski definition) is 3. The molecule has 138 valence electrons. The van der Waals surface area contributed by atoms with Gasteiger partial charge >= 0.3 is 5.69 Å². The molecule has 3 rings (SSSR count). The first kappa shape index (κ1) is 17.7. The van der Waals surface area contributed by atoms with E-state index in [-0.39, 0.29) is 30.3 Å². The molecule has 0 aliphatic carbocycles. The third-order valence-electron chi connectivity index (χ3n) is 4.18. The standard InChI is InChI=1S/C17H21N5O4/c1-3-10-5-4-6-12(7-10)26-9-11(23)8-22-13-14(19-16(22)18)21(2)17(25)20-15(13)24/h4-7,11,23H,3,8-9H2,1-2H3,(H2,18,19)(H,20,24,25)/t11-/m1/s1. The monoisotopic (exact) mass is 359 g/mol. The minimum Gasteiger partial charge on any atom is -0.491 e. The zero-order valence-electron chi connectivity index (χ0n) is 14.6. The van der Waals surface area contributed by atoms with E-state index in [9.17, 15) is 14.7 Å². The highest BCUT2D eigenvalue weighted by Crippen LogP contribution is 2.16. The van der Waals surface area contributed by atoms with Crippen molar-refractivity contribution < 1.29 is 9.84 Å². The molecule has 0 fully saturated rings. The van der Waals surface area contributed by atoms with Crippen molar-refractivity contribution in [1.82, 2.24) is 19.1 Å². The van der Waals surface area contributed by atoms with Gasteiger partial charge in [-0.05, 0) is 24.1 Å². The molecule has 0 amide bonds. The highest BCUT2D eigenvalue weighted by molar-refractivity contribution is 5.73. The summed E-state index contributed by atoms with van der Waals surface area (Å²) in [5, 5.41) is 10.3. The average molecular weight is 359 g/mol. The molecule has 1 aromatic carbocycles. The van der Waals surface area contributed by atoms with Gasteiger partial charge in [-0.2, -0.15) is 4.98 Å². The number of anilines is 1. The van der Waals surface area contributed by atoms with Crippen LogP contribution in [0.4, 0.5) is 5.95 Å². The minimum absolute atomic E-state index is 0.0110. The van der Waals surface area contributed by atoms with Crippen LogP contribution in [0, 0.1) is 0 Å². The van der Waals surface area contributed by atoms with Crippen LogP contribution >= 0.6 is 0 Å². The van der Waals surface area contributed by atoms with Gasteiger partial charge in [-0.25, -0.2) is 4.79 Å². The van der Waals surface area contributed by atoms with Crippen molar-refractivity contribution >= 4 is 17.1 Å². The Kier molecular flexibility index (Phi) is 4.81. The van der Waals surface area contributed by atoms with Crippen LogP contribution in [0.5, 0.6) is 5.75 Å². The summed E-state index contributed by atoms with van der Waals surface area (Å²) in [6.07, 6.45) is -0.0321. The van der Waals surface area contributed by atoms with Crippen molar-refractivity contribution in [3.05, 3.63) is 50.7 Å². The Morgan fingerprint density at radius 1 is 1.38 bits per heavy atom. The van der Waals surface area contributed by atoms with E-state index in [1.54, 1.807) is 0 Å². The van der Waals surface area contributed by atoms with Crippen LogP contribution in [0.2, 0.25) is 0 Å². The second kappa shape index (κ2) is 7.04. The summed E-state index contributed by atoms with van der Waals surface area (Å²) >= 11 is 0. The number of benzene rings is 1. The quantitative estimate of drug-likeness (QED) is 0.569. The summed E-state index contributed by atoms with van der Waals surface area (Å²) in [4.78, 5) is 30.0. The van der Waals surface area contributed by atoms with Crippen LogP contribution in [-0.2, 0) is 20.0 Å². The number of hydrogen-bond acceptors (Lipinski definition) is 6. The number of nitrogens with two attached hydrogens (primary N) is 1. The molecule has 2 aromatic heterocycles. The number of nitrogens with zero attached hydrogens (tertiary/aromatic N) is 3. The van der Waals surface area contributed by atoms with Gasteiger partial charge in [-0.1, -0.05) is 19.1 Å². The van der Waals surface area contributed by atoms with Crippen LogP contribution in [0.15, 0.2) is 33.9 Å². The molecule has 26 heavy (non-hydrogen) atoms. The van der Waals surface area contributed by atoms with Crippen molar-refractivity contribution in [3.8, 4) is 5.75 Å². The number of nitrogen functional groups attached to an aromatic ring is 1. The number of imidazole rings is 1. The lowest BCUT2D eigenvalue weighted by molar-refractivity contribution is 0.0938. The first-order valence-corrected chi connectivity index (χ1v) is 8.25. The summed E-state index contributed by atoms with van der Waals surface area (Å²) < 4.78 is 8.19. The molecule has 9 nitrogen and oxygen atoms in total. The Labute approximate surface area is 148 Å². The van der Waals surface area contributed by atoms with Crippen LogP contribution in [0.25, 0.3) is 11.2 Å². The van der Waals surface area contributed by atoms with Gasteiger partial charge in [0.25, 0.3) is 5.56 Å². The fourth-order valence-corrected chi connectivity index (χ4v) is 2.75. The number of fused-ring (bicyclic) bond motifs is 1. The van der Waals surface area contributed by atoms with E-state index in [0.29, 0.717) is 5.75 Å². The van der Waals surface area contributed by atoms with Gasteiger partial charge in [0.1, 0.15) is 18.5 Å². The van der Waals surface area contributed by atoms with E-state index < -0.39 is 17.4 Å². The summed E-state index contributed by atoms with van der Waals surface area (Å²) in [5.74, 6) is 0.700. The van der Waals surface area contributed by atoms with Gasteiger partial charge in [-0.3, -0.25) is 14.3 Å². The molecule has 3 aromatic rings. The number of aryl methyl sites for hydroxylation is 2. The van der Waals surface area contributed by atoms with Crippen LogP contribution < -0.4 is 21.7 Å². The molecule has 9 heteroatoms. The van der Waals surface area contributed by atoms with Crippen LogP contribution in [-0.4, -0.2) is 36.9 Å². The van der Waals surface area contributed by atoms with Gasteiger partial charge < -0.3 is 20.1 Å². The number of H-pyrrole nitrogens is 1. The Bertz CT molecular complexity index is 1050. The second-order valence-electron chi connectivity index (χ2n) is 6.04. The van der Waals surface area contributed by atoms with Crippen molar-refractivity contribution in [3.63, 3.8) is 0 Å². The second-order valence-corrected chi connectivity index (χ2v) is 6.04. The maximum atomic E-state index is 12.1. The number of nitrogens with one attached hydrogen (secondary N) is 1. The van der Waals surface area contributed by atoms with Crippen LogP contribution in [0.3, 0.4) is 0 Å². The zero-order valence-corrected chi connectivity index (χ0v) is 14.6. The van der Waals surface area contributed by atoms with E-state index in [0.717, 1.165) is 12.0 Å². The lowest BCUT2D eigenvalue weighted by atomic mass is 10.2. The third-order valence-corrected chi connectivity index (χ3v) is 4.18. The molecular formula is C17H21N5O4. The van der Waals surface area contributed by atoms with E-state index in [1.165, 1.54) is 16.2 Å². The number of aromatic nitrogens is 4. The summed E-state index contributed by atoms with van der Waals surface area (Å²) in [6.45, 7) is 2.08. The molecule has 2 heterocycles. The molecule has 0 saturated heterocycles. The molecule has 0 aliphatic rings. The molecule has 4 N–H and O–H groups in total. The van der Waals surface area contributed by atoms with Gasteiger partial charge in [-0.15, -0.1) is 0 Å². The van der Waals surface area contributed by atoms with Gasteiger partial charge in [0.05, 0.1) is 6.54 Å². The number of ether oxygens (including phenoxy) is 1. The number of aromatic amines is 1. The lowest BCUT2D eigenvalue weighted by Gasteiger charge is -2.14. The predicted octanol–water partition coefficient (Wildman–Crippen LogP) is 0.00780. The summed E-state index contributed by atoms with van der Waals surface area (Å²) in [7, 11) is 1.48. The maximum absolute atomic E-state index is 12.1. The van der Waals surface area contributed by atoms with E-state index in [4.69, 9.17) is 10.5 Å². The van der Waals surface area contributed by atoms with Crippen LogP contribution in [0.1, 0.15) is 12.5 Å². The van der Waals surface area contributed by atoms with E-state index in [1.807, 2.05) is 31.2 Å². The molecule has 0 unspecified atom stereocenters. The highest BCUT2D eigenvalue weighted by Gasteiger charge is 2.18. The first-order chi connectivity index (χ1) is 12.4. The lowest BCUT2D eigenvalue weighted by Crippen LogP contribution is -2.30. The summed E-state index contributed by atoms with van der Waals surface area (Å²) in [5.41, 5.74) is 6.12. The highest BCUT2D eigenvalue weighted by atomic mass is 16.5. The predicted molar refractivity (Wildman–Crippen MR) is 97.3 cm³/mol. The molecular weight excluding hydrogens is 338 g/mol. The van der Waals surface area contributed by atoms with Crippen molar-refractivity contribution in [2.45, 2.75) is 26.0 Å². The Balaban J connectivity index is 1.80. The first-order valence-electron chi connectivity index (χ1n) is 8.25. The van der Waals surface area contributed by atoms with E-state index >= 15 is 0 Å². The number of rotatable bonds is 6. The Morgan fingerprint density at radius 3 is 2.88 bits per heavy atom. The normalized spacial score (nSPS) is 12.4. The SMILES string of the molecule is CCc1cccc(OC[C@H](O)Cn2c(N)nc3c2c(=O)[nH]c(=O)n3C)c1. The Morgan fingerprint density at radius 2 is 2.15 bits per heavy atom.